The Bertz CT molecular complexity index is 370. The van der Waals surface area contributed by atoms with Gasteiger partial charge in [-0.3, -0.25) is 0 Å². The summed E-state index contributed by atoms with van der Waals surface area (Å²) in [5.41, 5.74) is 0. The van der Waals surface area contributed by atoms with Crippen molar-refractivity contribution in [2.75, 3.05) is 13.2 Å². The molecule has 0 radical (unpaired) electrons. The first-order chi connectivity index (χ1) is 7.27. The zero-order chi connectivity index (χ0) is 11.1. The summed E-state index contributed by atoms with van der Waals surface area (Å²) in [5.74, 6) is 1.94. The van der Waals surface area contributed by atoms with Crippen molar-refractivity contribution in [2.24, 2.45) is 0 Å². The fourth-order valence-corrected chi connectivity index (χ4v) is 1.35. The van der Waals surface area contributed by atoms with Gasteiger partial charge in [-0.25, -0.2) is 4.79 Å². The van der Waals surface area contributed by atoms with Crippen molar-refractivity contribution in [3.8, 4) is 17.5 Å². The topological polar surface area (TPSA) is 61.3 Å². The molecule has 15 heavy (non-hydrogen) atoms. The number of esters is 1. The smallest absolute Gasteiger partial charge is 0.369 e. The second-order valence-electron chi connectivity index (χ2n) is 2.40. The number of rotatable bonds is 5. The molecule has 1 aromatic rings. The lowest BCUT2D eigenvalue weighted by Crippen LogP contribution is -2.03. The molecule has 5 nitrogen and oxygen atoms in total. The van der Waals surface area contributed by atoms with Gasteiger partial charge in [-0.05, 0) is 18.3 Å². The van der Waals surface area contributed by atoms with Crippen LogP contribution in [0.25, 0.3) is 0 Å². The van der Waals surface area contributed by atoms with Crippen LogP contribution in [0.2, 0.25) is 0 Å². The maximum absolute atomic E-state index is 11.2. The molecule has 0 bridgehead atoms. The van der Waals surface area contributed by atoms with E-state index in [4.69, 9.17) is 15.9 Å². The number of carbonyl (C=O) groups excluding carboxylic acids is 1. The van der Waals surface area contributed by atoms with E-state index in [1.165, 1.54) is 0 Å². The number of hydrogen-bond donors (Lipinski definition) is 0. The number of ether oxygens (including phenoxy) is 2. The molecule has 0 spiro atoms. The average molecular weight is 226 g/mol. The molecule has 1 heterocycles. The van der Waals surface area contributed by atoms with Crippen molar-refractivity contribution in [1.82, 2.24) is 10.2 Å². The van der Waals surface area contributed by atoms with Gasteiger partial charge in [0.25, 0.3) is 5.19 Å². The third-order valence-corrected chi connectivity index (χ3v) is 2.14. The predicted molar refractivity (Wildman–Crippen MR) is 54.8 cm³/mol. The van der Waals surface area contributed by atoms with Gasteiger partial charge in [-0.15, -0.1) is 17.4 Å². The summed E-state index contributed by atoms with van der Waals surface area (Å²) >= 11 is 1.04. The monoisotopic (exact) mass is 226 g/mol. The van der Waals surface area contributed by atoms with Crippen LogP contribution in [0.1, 0.15) is 23.1 Å². The predicted octanol–water partition coefficient (Wildman–Crippen LogP) is 1.12. The first kappa shape index (κ1) is 11.5. The molecule has 80 valence electrons. The first-order valence-corrected chi connectivity index (χ1v) is 5.16. The molecule has 0 aromatic carbocycles. The average Bonchev–Trinajstić information content (AvgIpc) is 2.67. The summed E-state index contributed by atoms with van der Waals surface area (Å²) < 4.78 is 9.90. The Morgan fingerprint density at radius 3 is 3.07 bits per heavy atom. The van der Waals surface area contributed by atoms with Crippen molar-refractivity contribution in [2.45, 2.75) is 13.3 Å². The number of terminal acetylenes is 1. The summed E-state index contributed by atoms with van der Waals surface area (Å²) in [6.45, 7) is 2.41. The Morgan fingerprint density at radius 2 is 2.40 bits per heavy atom. The highest BCUT2D eigenvalue weighted by atomic mass is 32.1. The molecular formula is C9H10N2O3S. The maximum atomic E-state index is 11.2. The molecule has 0 fully saturated rings. The van der Waals surface area contributed by atoms with Gasteiger partial charge in [0.05, 0.1) is 6.61 Å². The zero-order valence-corrected chi connectivity index (χ0v) is 9.04. The van der Waals surface area contributed by atoms with Crippen LogP contribution in [-0.4, -0.2) is 29.4 Å². The minimum absolute atomic E-state index is 0.188. The van der Waals surface area contributed by atoms with Crippen LogP contribution in [0.3, 0.4) is 0 Å². The van der Waals surface area contributed by atoms with Crippen LogP contribution in [0.5, 0.6) is 5.19 Å². The second kappa shape index (κ2) is 5.98. The summed E-state index contributed by atoms with van der Waals surface area (Å²) in [4.78, 5) is 11.2. The van der Waals surface area contributed by atoms with Crippen molar-refractivity contribution >= 4 is 17.3 Å². The van der Waals surface area contributed by atoms with Gasteiger partial charge in [0.15, 0.2) is 0 Å². The highest BCUT2D eigenvalue weighted by molar-refractivity contribution is 7.14. The quantitative estimate of drug-likeness (QED) is 0.427. The van der Waals surface area contributed by atoms with E-state index in [0.29, 0.717) is 24.8 Å². The second-order valence-corrected chi connectivity index (χ2v) is 3.34. The van der Waals surface area contributed by atoms with Gasteiger partial charge in [0.2, 0.25) is 5.01 Å². The van der Waals surface area contributed by atoms with Gasteiger partial charge >= 0.3 is 5.97 Å². The van der Waals surface area contributed by atoms with Crippen LogP contribution in [-0.2, 0) is 4.74 Å². The van der Waals surface area contributed by atoms with E-state index in [1.807, 2.05) is 0 Å². The molecule has 0 aliphatic heterocycles. The normalized spacial score (nSPS) is 9.33. The molecule has 0 amide bonds. The van der Waals surface area contributed by atoms with E-state index in [9.17, 15) is 4.79 Å². The molecule has 0 saturated carbocycles. The van der Waals surface area contributed by atoms with Gasteiger partial charge in [-0.1, -0.05) is 5.10 Å². The van der Waals surface area contributed by atoms with Crippen molar-refractivity contribution in [3.05, 3.63) is 5.01 Å². The first-order valence-electron chi connectivity index (χ1n) is 4.34. The molecular weight excluding hydrogens is 216 g/mol. The lowest BCUT2D eigenvalue weighted by molar-refractivity contribution is 0.0525. The van der Waals surface area contributed by atoms with Crippen LogP contribution in [0, 0.1) is 12.3 Å². The van der Waals surface area contributed by atoms with Gasteiger partial charge in [0, 0.05) is 6.42 Å². The van der Waals surface area contributed by atoms with Crippen molar-refractivity contribution in [1.29, 1.82) is 0 Å². The van der Waals surface area contributed by atoms with E-state index >= 15 is 0 Å². The highest BCUT2D eigenvalue weighted by Gasteiger charge is 2.13. The maximum Gasteiger partial charge on any atom is 0.369 e. The lowest BCUT2D eigenvalue weighted by atomic mass is 10.5. The summed E-state index contributed by atoms with van der Waals surface area (Å²) in [5, 5.41) is 7.81. The number of carbonyl (C=O) groups is 1. The van der Waals surface area contributed by atoms with Crippen LogP contribution in [0.15, 0.2) is 0 Å². The largest absolute Gasteiger partial charge is 0.468 e. The molecule has 1 aromatic heterocycles. The Labute approximate surface area is 91.4 Å². The molecule has 1 rings (SSSR count). The third-order valence-electron chi connectivity index (χ3n) is 1.33. The van der Waals surface area contributed by atoms with Gasteiger partial charge < -0.3 is 9.47 Å². The minimum Gasteiger partial charge on any atom is -0.468 e. The Hall–Kier alpha value is -1.61. The number of hydrogen-bond acceptors (Lipinski definition) is 6. The number of aromatic nitrogens is 2. The summed E-state index contributed by atoms with van der Waals surface area (Å²) in [6, 6.07) is 0. The third kappa shape index (κ3) is 3.56. The van der Waals surface area contributed by atoms with Crippen molar-refractivity contribution < 1.29 is 14.3 Å². The molecule has 0 atom stereocenters. The van der Waals surface area contributed by atoms with E-state index in [2.05, 4.69) is 16.1 Å². The standard InChI is InChI=1S/C9H10N2O3S/c1-3-5-6-14-9-11-10-7(15-9)8(12)13-4-2/h1H,4-6H2,2H3. The summed E-state index contributed by atoms with van der Waals surface area (Å²) in [7, 11) is 0. The molecule has 0 saturated heterocycles. The van der Waals surface area contributed by atoms with E-state index < -0.39 is 5.97 Å². The molecule has 6 heteroatoms. The SMILES string of the molecule is C#CCCOc1nnc(C(=O)OCC)s1. The molecule has 0 aliphatic carbocycles. The van der Waals surface area contributed by atoms with Gasteiger partial charge in [0.1, 0.15) is 6.61 Å². The Kier molecular flexibility index (Phi) is 4.57. The molecule has 0 aliphatic rings. The van der Waals surface area contributed by atoms with E-state index in [0.717, 1.165) is 11.3 Å². The minimum atomic E-state index is -0.484. The van der Waals surface area contributed by atoms with Crippen molar-refractivity contribution in [3.63, 3.8) is 0 Å². The fourth-order valence-electron chi connectivity index (χ4n) is 0.741. The summed E-state index contributed by atoms with van der Waals surface area (Å²) in [6.07, 6.45) is 5.54. The zero-order valence-electron chi connectivity index (χ0n) is 8.23. The fraction of sp³-hybridized carbons (Fsp3) is 0.444. The van der Waals surface area contributed by atoms with Gasteiger partial charge in [-0.2, -0.15) is 0 Å². The molecule has 0 unspecified atom stereocenters. The van der Waals surface area contributed by atoms with E-state index in [-0.39, 0.29) is 5.01 Å². The Morgan fingerprint density at radius 1 is 1.60 bits per heavy atom. The molecule has 0 N–H and O–H groups in total. The lowest BCUT2D eigenvalue weighted by Gasteiger charge is -1.96. The van der Waals surface area contributed by atoms with Crippen LogP contribution >= 0.6 is 11.3 Å². The number of nitrogens with zero attached hydrogens (tertiary/aromatic N) is 2. The Balaban J connectivity index is 2.49. The van der Waals surface area contributed by atoms with E-state index in [1.54, 1.807) is 6.92 Å². The van der Waals surface area contributed by atoms with Crippen LogP contribution in [0.4, 0.5) is 0 Å². The van der Waals surface area contributed by atoms with Crippen LogP contribution < -0.4 is 4.74 Å². The highest BCUT2D eigenvalue weighted by Crippen LogP contribution is 2.18.